The number of hydrogen-bond acceptors (Lipinski definition) is 0. The van der Waals surface area contributed by atoms with E-state index in [1.807, 2.05) is 6.08 Å². The Hall–Kier alpha value is 0.0300. The van der Waals surface area contributed by atoms with Crippen molar-refractivity contribution in [2.75, 3.05) is 5.88 Å². The molecule has 0 atom stereocenters. The summed E-state index contributed by atoms with van der Waals surface area (Å²) in [6, 6.07) is 0. The Labute approximate surface area is 62.9 Å². The molecule has 0 spiro atoms. The summed E-state index contributed by atoms with van der Waals surface area (Å²) in [5.41, 5.74) is 0. The molecule has 0 radical (unpaired) electrons. The van der Waals surface area contributed by atoms with Gasteiger partial charge >= 0.3 is 0 Å². The zero-order valence-electron chi connectivity index (χ0n) is 5.91. The van der Waals surface area contributed by atoms with E-state index in [4.69, 9.17) is 11.6 Å². The maximum absolute atomic E-state index is 5.49. The highest BCUT2D eigenvalue weighted by atomic mass is 35.5. The quantitative estimate of drug-likeness (QED) is 0.306. The van der Waals surface area contributed by atoms with Crippen molar-refractivity contribution in [3.63, 3.8) is 0 Å². The third-order valence-corrected chi connectivity index (χ3v) is 1.56. The third kappa shape index (κ3) is 8.03. The van der Waals surface area contributed by atoms with Crippen LogP contribution >= 0.6 is 11.6 Å². The minimum Gasteiger partial charge on any atom is -0.127 e. The van der Waals surface area contributed by atoms with Gasteiger partial charge in [0.05, 0.1) is 0 Å². The highest BCUT2D eigenvalue weighted by Gasteiger charge is 1.85. The monoisotopic (exact) mass is 146 g/mol. The van der Waals surface area contributed by atoms with E-state index in [9.17, 15) is 0 Å². The first-order valence-electron chi connectivity index (χ1n) is 3.58. The highest BCUT2D eigenvalue weighted by Crippen LogP contribution is 2.03. The normalized spacial score (nSPS) is 9.44. The number of alkyl halides is 1. The highest BCUT2D eigenvalue weighted by molar-refractivity contribution is 6.17. The van der Waals surface area contributed by atoms with Crippen LogP contribution in [-0.2, 0) is 0 Å². The van der Waals surface area contributed by atoms with E-state index in [-0.39, 0.29) is 0 Å². The topological polar surface area (TPSA) is 0 Å². The van der Waals surface area contributed by atoms with Gasteiger partial charge in [0.15, 0.2) is 0 Å². The van der Waals surface area contributed by atoms with Crippen LogP contribution in [0.1, 0.15) is 32.1 Å². The van der Waals surface area contributed by atoms with Gasteiger partial charge in [-0.2, -0.15) is 0 Å². The lowest BCUT2D eigenvalue weighted by molar-refractivity contribution is 0.677. The van der Waals surface area contributed by atoms with E-state index in [2.05, 4.69) is 6.58 Å². The van der Waals surface area contributed by atoms with Gasteiger partial charge in [-0.25, -0.2) is 0 Å². The molecule has 0 aromatic rings. The maximum atomic E-state index is 5.49. The molecule has 0 heterocycles. The summed E-state index contributed by atoms with van der Waals surface area (Å²) in [5, 5.41) is 0. The molecule has 1 heteroatoms. The first kappa shape index (κ1) is 9.03. The van der Waals surface area contributed by atoms with Crippen molar-refractivity contribution < 1.29 is 0 Å². The van der Waals surface area contributed by atoms with Crippen molar-refractivity contribution in [2.24, 2.45) is 0 Å². The molecular weight excluding hydrogens is 132 g/mol. The molecule has 0 amide bonds. The second-order valence-electron chi connectivity index (χ2n) is 2.18. The van der Waals surface area contributed by atoms with Crippen molar-refractivity contribution in [1.82, 2.24) is 0 Å². The summed E-state index contributed by atoms with van der Waals surface area (Å²) in [6.45, 7) is 3.65. The van der Waals surface area contributed by atoms with Crippen molar-refractivity contribution in [2.45, 2.75) is 32.1 Å². The van der Waals surface area contributed by atoms with Gasteiger partial charge in [0.2, 0.25) is 0 Å². The molecule has 0 saturated heterocycles. The molecule has 0 N–H and O–H groups in total. The van der Waals surface area contributed by atoms with E-state index in [0.29, 0.717) is 0 Å². The van der Waals surface area contributed by atoms with Gasteiger partial charge in [-0.05, 0) is 19.3 Å². The van der Waals surface area contributed by atoms with Gasteiger partial charge in [-0.1, -0.05) is 18.9 Å². The van der Waals surface area contributed by atoms with E-state index in [0.717, 1.165) is 12.3 Å². The lowest BCUT2D eigenvalue weighted by atomic mass is 10.2. The number of halogens is 1. The standard InChI is InChI=1S/C8H15Cl/c1-2-3-4-5-6-7-8-9/h2H,1,3-8H2. The smallest absolute Gasteiger partial charge is 0.0223 e. The Morgan fingerprint density at radius 2 is 1.78 bits per heavy atom. The second kappa shape index (κ2) is 8.03. The fourth-order valence-corrected chi connectivity index (χ4v) is 0.926. The van der Waals surface area contributed by atoms with Crippen LogP contribution in [0.15, 0.2) is 12.7 Å². The van der Waals surface area contributed by atoms with Gasteiger partial charge in [0.25, 0.3) is 0 Å². The molecule has 0 saturated carbocycles. The number of allylic oxidation sites excluding steroid dienone is 1. The molecule has 0 aliphatic heterocycles. The Balaban J connectivity index is 2.66. The Bertz CT molecular complexity index is 59.6. The summed E-state index contributed by atoms with van der Waals surface area (Å²) >= 11 is 5.49. The predicted octanol–water partition coefficient (Wildman–Crippen LogP) is 3.36. The van der Waals surface area contributed by atoms with Gasteiger partial charge in [0.1, 0.15) is 0 Å². The number of hydrogen-bond donors (Lipinski definition) is 0. The largest absolute Gasteiger partial charge is 0.127 e. The van der Waals surface area contributed by atoms with Crippen LogP contribution in [-0.4, -0.2) is 5.88 Å². The summed E-state index contributed by atoms with van der Waals surface area (Å²) in [5.74, 6) is 0.814. The molecule has 0 nitrogen and oxygen atoms in total. The molecular formula is C8H15Cl. The average Bonchev–Trinajstić information content (AvgIpc) is 1.89. The van der Waals surface area contributed by atoms with Crippen LogP contribution in [0.25, 0.3) is 0 Å². The maximum Gasteiger partial charge on any atom is 0.0223 e. The zero-order chi connectivity index (χ0) is 6.95. The molecule has 0 unspecified atom stereocenters. The molecule has 0 aliphatic carbocycles. The first-order valence-corrected chi connectivity index (χ1v) is 4.12. The molecule has 0 aromatic carbocycles. The summed E-state index contributed by atoms with van der Waals surface area (Å²) in [6.07, 6.45) is 8.15. The van der Waals surface area contributed by atoms with Crippen LogP contribution < -0.4 is 0 Å². The SMILES string of the molecule is C=CCCCCCCCl. The lowest BCUT2D eigenvalue weighted by Crippen LogP contribution is -1.77. The van der Waals surface area contributed by atoms with Crippen molar-refractivity contribution >= 4 is 11.6 Å². The molecule has 0 rings (SSSR count). The number of unbranched alkanes of at least 4 members (excludes halogenated alkanes) is 4. The van der Waals surface area contributed by atoms with Gasteiger partial charge in [-0.3, -0.25) is 0 Å². The second-order valence-corrected chi connectivity index (χ2v) is 2.56. The Morgan fingerprint density at radius 3 is 2.33 bits per heavy atom. The van der Waals surface area contributed by atoms with Gasteiger partial charge < -0.3 is 0 Å². The summed E-state index contributed by atoms with van der Waals surface area (Å²) in [4.78, 5) is 0. The molecule has 0 fully saturated rings. The van der Waals surface area contributed by atoms with Crippen molar-refractivity contribution in [3.8, 4) is 0 Å². The summed E-state index contributed by atoms with van der Waals surface area (Å²) < 4.78 is 0. The van der Waals surface area contributed by atoms with E-state index in [1.165, 1.54) is 25.7 Å². The fraction of sp³-hybridized carbons (Fsp3) is 0.750. The minimum atomic E-state index is 0.814. The Kier molecular flexibility index (Phi) is 8.06. The molecule has 0 aromatic heterocycles. The molecule has 0 bridgehead atoms. The fourth-order valence-electron chi connectivity index (χ4n) is 0.737. The molecule has 9 heavy (non-hydrogen) atoms. The van der Waals surface area contributed by atoms with Crippen molar-refractivity contribution in [1.29, 1.82) is 0 Å². The lowest BCUT2D eigenvalue weighted by Gasteiger charge is -1.93. The Morgan fingerprint density at radius 1 is 1.11 bits per heavy atom. The third-order valence-electron chi connectivity index (χ3n) is 1.29. The first-order chi connectivity index (χ1) is 4.41. The van der Waals surface area contributed by atoms with Gasteiger partial charge in [-0.15, -0.1) is 18.2 Å². The average molecular weight is 147 g/mol. The van der Waals surface area contributed by atoms with E-state index < -0.39 is 0 Å². The van der Waals surface area contributed by atoms with Crippen LogP contribution in [0.3, 0.4) is 0 Å². The van der Waals surface area contributed by atoms with Gasteiger partial charge in [0, 0.05) is 5.88 Å². The van der Waals surface area contributed by atoms with Crippen LogP contribution in [0, 0.1) is 0 Å². The van der Waals surface area contributed by atoms with E-state index >= 15 is 0 Å². The minimum absolute atomic E-state index is 0.814. The van der Waals surface area contributed by atoms with Crippen LogP contribution in [0.4, 0.5) is 0 Å². The molecule has 0 aliphatic rings. The zero-order valence-corrected chi connectivity index (χ0v) is 6.66. The van der Waals surface area contributed by atoms with E-state index in [1.54, 1.807) is 0 Å². The van der Waals surface area contributed by atoms with Crippen molar-refractivity contribution in [3.05, 3.63) is 12.7 Å². The van der Waals surface area contributed by atoms with Crippen LogP contribution in [0.5, 0.6) is 0 Å². The van der Waals surface area contributed by atoms with Crippen LogP contribution in [0.2, 0.25) is 0 Å². The predicted molar refractivity (Wildman–Crippen MR) is 44.0 cm³/mol. The number of rotatable bonds is 6. The molecule has 54 valence electrons. The summed E-state index contributed by atoms with van der Waals surface area (Å²) in [7, 11) is 0.